The fraction of sp³-hybridized carbons (Fsp3) is 0.286. The monoisotopic (exact) mass is 281 g/mol. The first-order chi connectivity index (χ1) is 7.67. The molecule has 95 valence electrons. The molecule has 0 spiro atoms. The zero-order valence-corrected chi connectivity index (χ0v) is 10.7. The van der Waals surface area contributed by atoms with E-state index in [0.717, 1.165) is 0 Å². The van der Waals surface area contributed by atoms with Crippen LogP contribution in [-0.2, 0) is 22.7 Å². The molecule has 0 atom stereocenters. The van der Waals surface area contributed by atoms with Crippen molar-refractivity contribution in [2.45, 2.75) is 25.7 Å². The Bertz CT molecular complexity index is 332. The van der Waals surface area contributed by atoms with Gasteiger partial charge in [0.1, 0.15) is 0 Å². The summed E-state index contributed by atoms with van der Waals surface area (Å²) in [7, 11) is 0. The van der Waals surface area contributed by atoms with Crippen LogP contribution in [0, 0.1) is 0 Å². The van der Waals surface area contributed by atoms with Crippen molar-refractivity contribution in [3.8, 4) is 0 Å². The van der Waals surface area contributed by atoms with Crippen LogP contribution >= 0.6 is 0 Å². The Kier molecular flexibility index (Phi) is 7.75. The third kappa shape index (κ3) is 5.80. The number of rotatable bonds is 3. The van der Waals surface area contributed by atoms with Crippen LogP contribution in [0.3, 0.4) is 0 Å². The standard InChI is InChI=1S/C9H11F2.C5H5.Co/c1-2-7-9(10,11)8-5-3-4-6-8;1-2-4-5-3-1;/h3-6H,2,7H2,1H3;1-5H;/q2*-1;+2. The van der Waals surface area contributed by atoms with Gasteiger partial charge in [0.05, 0.1) is 0 Å². The van der Waals surface area contributed by atoms with Crippen LogP contribution in [-0.4, -0.2) is 0 Å². The van der Waals surface area contributed by atoms with Crippen LogP contribution in [0.15, 0.2) is 54.6 Å². The fourth-order valence-electron chi connectivity index (χ4n) is 1.40. The molecule has 0 aliphatic rings. The van der Waals surface area contributed by atoms with Crippen molar-refractivity contribution < 1.29 is 25.6 Å². The first-order valence-electron chi connectivity index (χ1n) is 5.43. The SMILES string of the molecule is CCCC(F)(F)[c-]1cccc1.[Co+2].c1cc[cH-]c1. The summed E-state index contributed by atoms with van der Waals surface area (Å²) in [6.07, 6.45) is 0.454. The maximum atomic E-state index is 13.0. The van der Waals surface area contributed by atoms with Crippen LogP contribution in [0.25, 0.3) is 0 Å². The van der Waals surface area contributed by atoms with E-state index >= 15 is 0 Å². The molecule has 0 aromatic heterocycles. The molecule has 0 saturated carbocycles. The number of alkyl halides is 2. The van der Waals surface area contributed by atoms with Gasteiger partial charge in [0.2, 0.25) is 5.92 Å². The van der Waals surface area contributed by atoms with Gasteiger partial charge in [-0.1, -0.05) is 18.9 Å². The van der Waals surface area contributed by atoms with E-state index in [1.807, 2.05) is 30.3 Å². The molecule has 0 amide bonds. The van der Waals surface area contributed by atoms with E-state index in [9.17, 15) is 8.78 Å². The number of hydrogen-bond donors (Lipinski definition) is 0. The Balaban J connectivity index is 0.000000360. The van der Waals surface area contributed by atoms with E-state index in [4.69, 9.17) is 0 Å². The van der Waals surface area contributed by atoms with Gasteiger partial charge in [0, 0.05) is 6.42 Å². The van der Waals surface area contributed by atoms with Crippen LogP contribution in [0.1, 0.15) is 25.3 Å². The topological polar surface area (TPSA) is 0 Å². The second kappa shape index (κ2) is 8.20. The van der Waals surface area contributed by atoms with E-state index in [1.165, 1.54) is 12.1 Å². The van der Waals surface area contributed by atoms with E-state index in [1.54, 1.807) is 19.1 Å². The Morgan fingerprint density at radius 1 is 1.06 bits per heavy atom. The molecule has 1 radical (unpaired) electrons. The maximum absolute atomic E-state index is 13.0. The van der Waals surface area contributed by atoms with Gasteiger partial charge < -0.3 is 0 Å². The Morgan fingerprint density at radius 3 is 1.94 bits per heavy atom. The van der Waals surface area contributed by atoms with Crippen LogP contribution in [0.5, 0.6) is 0 Å². The van der Waals surface area contributed by atoms with Gasteiger partial charge in [-0.25, -0.2) is 33.0 Å². The van der Waals surface area contributed by atoms with Gasteiger partial charge >= 0.3 is 16.8 Å². The summed E-state index contributed by atoms with van der Waals surface area (Å²) in [5, 5.41) is 0. The van der Waals surface area contributed by atoms with Gasteiger partial charge in [-0.3, -0.25) is 0 Å². The van der Waals surface area contributed by atoms with Crippen LogP contribution in [0.2, 0.25) is 0 Å². The first kappa shape index (κ1) is 16.1. The molecule has 17 heavy (non-hydrogen) atoms. The minimum atomic E-state index is -2.63. The molecular weight excluding hydrogens is 265 g/mol. The van der Waals surface area contributed by atoms with Crippen molar-refractivity contribution in [2.24, 2.45) is 0 Å². The smallest absolute Gasteiger partial charge is 0.216 e. The average Bonchev–Trinajstić information content (AvgIpc) is 2.95. The van der Waals surface area contributed by atoms with Crippen molar-refractivity contribution in [3.63, 3.8) is 0 Å². The predicted molar refractivity (Wildman–Crippen MR) is 62.9 cm³/mol. The molecule has 0 nitrogen and oxygen atoms in total. The molecular formula is C14H16CoF2. The summed E-state index contributed by atoms with van der Waals surface area (Å²) >= 11 is 0. The molecule has 0 aliphatic heterocycles. The summed E-state index contributed by atoms with van der Waals surface area (Å²) in [6, 6.07) is 16.2. The quantitative estimate of drug-likeness (QED) is 0.715. The van der Waals surface area contributed by atoms with Gasteiger partial charge in [0.15, 0.2) is 0 Å². The second-order valence-corrected chi connectivity index (χ2v) is 3.59. The van der Waals surface area contributed by atoms with Gasteiger partial charge in [-0.2, -0.15) is 30.3 Å². The largest absolute Gasteiger partial charge is 2.00 e. The van der Waals surface area contributed by atoms with E-state index in [0.29, 0.717) is 6.42 Å². The van der Waals surface area contributed by atoms with Crippen molar-refractivity contribution in [3.05, 3.63) is 60.2 Å². The predicted octanol–water partition coefficient (Wildman–Crippen LogP) is 4.70. The van der Waals surface area contributed by atoms with Crippen LogP contribution < -0.4 is 0 Å². The second-order valence-electron chi connectivity index (χ2n) is 3.59. The third-order valence-corrected chi connectivity index (χ3v) is 2.20. The molecule has 2 rings (SSSR count). The van der Waals surface area contributed by atoms with E-state index in [2.05, 4.69) is 0 Å². The zero-order valence-electron chi connectivity index (χ0n) is 9.70. The number of hydrogen-bond acceptors (Lipinski definition) is 0. The maximum Gasteiger partial charge on any atom is 2.00 e. The first-order valence-corrected chi connectivity index (χ1v) is 5.43. The summed E-state index contributed by atoms with van der Waals surface area (Å²) in [4.78, 5) is 0. The summed E-state index contributed by atoms with van der Waals surface area (Å²) in [5.74, 6) is -2.63. The molecule has 0 unspecified atom stereocenters. The van der Waals surface area contributed by atoms with E-state index < -0.39 is 5.92 Å². The van der Waals surface area contributed by atoms with Gasteiger partial charge in [-0.05, 0) is 0 Å². The Hall–Kier alpha value is -0.934. The van der Waals surface area contributed by atoms with Crippen molar-refractivity contribution in [1.82, 2.24) is 0 Å². The normalized spacial score (nSPS) is 10.1. The molecule has 2 aromatic carbocycles. The summed E-state index contributed by atoms with van der Waals surface area (Å²) in [5.41, 5.74) is 0.138. The zero-order chi connectivity index (χ0) is 11.9. The van der Waals surface area contributed by atoms with Crippen molar-refractivity contribution >= 4 is 0 Å². The number of halogens is 2. The summed E-state index contributed by atoms with van der Waals surface area (Å²) in [6.45, 7) is 1.76. The third-order valence-electron chi connectivity index (χ3n) is 2.20. The van der Waals surface area contributed by atoms with Crippen molar-refractivity contribution in [1.29, 1.82) is 0 Å². The van der Waals surface area contributed by atoms with Crippen molar-refractivity contribution in [2.75, 3.05) is 0 Å². The Labute approximate surface area is 112 Å². The van der Waals surface area contributed by atoms with Gasteiger partial charge in [0.25, 0.3) is 0 Å². The Morgan fingerprint density at radius 2 is 1.59 bits per heavy atom. The molecule has 0 N–H and O–H groups in total. The molecule has 3 heteroatoms. The minimum absolute atomic E-state index is 0. The average molecular weight is 281 g/mol. The van der Waals surface area contributed by atoms with Gasteiger partial charge in [-0.15, -0.1) is 0 Å². The molecule has 2 aromatic rings. The molecule has 0 heterocycles. The summed E-state index contributed by atoms with van der Waals surface area (Å²) < 4.78 is 26.0. The molecule has 0 fully saturated rings. The molecule has 0 aliphatic carbocycles. The van der Waals surface area contributed by atoms with Crippen LogP contribution in [0.4, 0.5) is 8.78 Å². The van der Waals surface area contributed by atoms with E-state index in [-0.39, 0.29) is 28.8 Å². The minimum Gasteiger partial charge on any atom is -0.216 e. The fourth-order valence-corrected chi connectivity index (χ4v) is 1.40. The molecule has 0 bridgehead atoms. The molecule has 0 saturated heterocycles.